The fourth-order valence-electron chi connectivity index (χ4n) is 11.3. The molecule has 6 N–H and O–H groups in total. The highest BCUT2D eigenvalue weighted by Crippen LogP contribution is 2.26. The maximum absolute atomic E-state index is 13.5. The van der Waals surface area contributed by atoms with Crippen LogP contribution in [0.25, 0.3) is 0 Å². The van der Waals surface area contributed by atoms with E-state index >= 15 is 0 Å². The minimum atomic E-state index is -1.62. The number of ether oxygens (including phenoxy) is 3. The molecule has 1 rings (SSSR count). The van der Waals surface area contributed by atoms with Gasteiger partial charge in [0, 0.05) is 6.42 Å². The molecule has 1 aliphatic rings. The van der Waals surface area contributed by atoms with Crippen LogP contribution in [0.1, 0.15) is 329 Å². The van der Waals surface area contributed by atoms with E-state index in [2.05, 4.69) is 99.0 Å². The molecule has 0 aromatic heterocycles. The van der Waals surface area contributed by atoms with E-state index in [1.807, 2.05) is 6.08 Å². The first-order chi connectivity index (χ1) is 43.2. The normalized spacial score (nSPS) is 18.7. The lowest BCUT2D eigenvalue weighted by Gasteiger charge is -2.41. The number of hydrogen-bond acceptors (Lipinski definition) is 10. The minimum Gasteiger partial charge on any atom is -0.454 e. The average Bonchev–Trinajstić information content (AvgIpc) is 2.54. The first-order valence-electron chi connectivity index (χ1n) is 36.9. The molecule has 0 aromatic carbocycles. The van der Waals surface area contributed by atoms with Gasteiger partial charge in [-0.2, -0.15) is 0 Å². The Balaban J connectivity index is 2.56. The van der Waals surface area contributed by atoms with Crippen molar-refractivity contribution in [1.29, 1.82) is 0 Å². The first kappa shape index (κ1) is 82.9. The van der Waals surface area contributed by atoms with Gasteiger partial charge in [-0.3, -0.25) is 9.59 Å². The van der Waals surface area contributed by atoms with Crippen LogP contribution in [0.5, 0.6) is 0 Å². The van der Waals surface area contributed by atoms with Crippen molar-refractivity contribution in [3.05, 3.63) is 85.1 Å². The van der Waals surface area contributed by atoms with E-state index < -0.39 is 67.4 Å². The van der Waals surface area contributed by atoms with E-state index in [1.54, 1.807) is 6.08 Å². The zero-order chi connectivity index (χ0) is 63.9. The SMILES string of the molecule is CC/C=C\C/C=C\C/C=C\C/C=C\C/C=C\CCCCCCCCCC(=O)OC1C(OCC(NC(=O)C(O)CCCCCCCCCCCCCCCC/C=C/CCCCCCCC)C(O)/C=C/CCCCCCCCCCCC)OC(CO)C(O)C1O. The summed E-state index contributed by atoms with van der Waals surface area (Å²) >= 11 is 0. The second kappa shape index (κ2) is 64.0. The lowest BCUT2D eigenvalue weighted by atomic mass is 9.99. The summed E-state index contributed by atoms with van der Waals surface area (Å²) in [7, 11) is 0. The van der Waals surface area contributed by atoms with Crippen LogP contribution in [0.15, 0.2) is 85.1 Å². The molecule has 0 bridgehead atoms. The molecule has 0 spiro atoms. The summed E-state index contributed by atoms with van der Waals surface area (Å²) in [5.41, 5.74) is 0. The third-order valence-corrected chi connectivity index (χ3v) is 17.0. The summed E-state index contributed by atoms with van der Waals surface area (Å²) in [5, 5.41) is 57.3. The van der Waals surface area contributed by atoms with Crippen molar-refractivity contribution in [3.8, 4) is 0 Å². The molecule has 0 saturated carbocycles. The molecule has 0 aliphatic carbocycles. The number of rotatable bonds is 63. The number of nitrogens with one attached hydrogen (secondary N) is 1. The van der Waals surface area contributed by atoms with Gasteiger partial charge in [-0.25, -0.2) is 0 Å². The molecule has 0 radical (unpaired) electrons. The first-order valence-corrected chi connectivity index (χ1v) is 36.9. The Morgan fingerprint density at radius 3 is 1.24 bits per heavy atom. The van der Waals surface area contributed by atoms with Gasteiger partial charge >= 0.3 is 5.97 Å². The van der Waals surface area contributed by atoms with E-state index in [1.165, 1.54) is 167 Å². The summed E-state index contributed by atoms with van der Waals surface area (Å²) in [4.78, 5) is 26.7. The average molecular weight is 1240 g/mol. The Kier molecular flexibility index (Phi) is 60.2. The predicted octanol–water partition coefficient (Wildman–Crippen LogP) is 19.2. The van der Waals surface area contributed by atoms with Crippen molar-refractivity contribution in [2.45, 2.75) is 378 Å². The van der Waals surface area contributed by atoms with Crippen molar-refractivity contribution in [3.63, 3.8) is 0 Å². The highest BCUT2D eigenvalue weighted by molar-refractivity contribution is 5.80. The standard InChI is InChI=1S/C77H137NO10/c1-4-7-10-13-16-19-22-25-27-29-31-33-35-37-38-40-42-44-46-49-52-55-58-61-64-70(81)76(85)78-68(69(80)63-60-57-54-51-48-24-21-18-15-12-9-6-3)67-86-77-75(74(84)73(83)71(66-79)87-77)88-72(82)65-62-59-56-53-50-47-45-43-41-39-36-34-32-30-28-26-23-20-17-14-11-8-5-2/h8,11,17,20,25-28,32,34,39,41,60,63,68-71,73-75,77,79-81,83-84H,4-7,9-10,12-16,18-19,21-24,29-31,33,35-38,40,42-59,61-62,64-67H2,1-3H3,(H,78,85)/b11-8-,20-17-,27-25+,28-26-,34-32-,41-39-,63-60+. The van der Waals surface area contributed by atoms with Gasteiger partial charge in [0.2, 0.25) is 5.91 Å². The maximum atomic E-state index is 13.5. The third kappa shape index (κ3) is 50.5. The van der Waals surface area contributed by atoms with Crippen LogP contribution in [0.3, 0.4) is 0 Å². The van der Waals surface area contributed by atoms with Crippen LogP contribution in [0, 0.1) is 0 Å². The molecule has 1 amide bonds. The van der Waals surface area contributed by atoms with Crippen LogP contribution in [-0.4, -0.2) is 99.6 Å². The molecule has 510 valence electrons. The van der Waals surface area contributed by atoms with Crippen LogP contribution >= 0.6 is 0 Å². The molecule has 1 saturated heterocycles. The Hall–Kier alpha value is -3.16. The molecule has 11 heteroatoms. The molecule has 8 unspecified atom stereocenters. The molecular weight excluding hydrogens is 1100 g/mol. The van der Waals surface area contributed by atoms with Gasteiger partial charge in [0.05, 0.1) is 25.4 Å². The fourth-order valence-corrected chi connectivity index (χ4v) is 11.3. The van der Waals surface area contributed by atoms with Crippen LogP contribution in [-0.2, 0) is 23.8 Å². The molecule has 0 aromatic rings. The Morgan fingerprint density at radius 2 is 0.818 bits per heavy atom. The Morgan fingerprint density at radius 1 is 0.455 bits per heavy atom. The Bertz CT molecular complexity index is 1760. The van der Waals surface area contributed by atoms with Gasteiger partial charge in [0.25, 0.3) is 0 Å². The van der Waals surface area contributed by atoms with Gasteiger partial charge in [-0.1, -0.05) is 311 Å². The zero-order valence-electron chi connectivity index (χ0n) is 56.8. The molecular formula is C77H137NO10. The minimum absolute atomic E-state index is 0.108. The smallest absolute Gasteiger partial charge is 0.306 e. The number of carbonyl (C=O) groups excluding carboxylic acids is 2. The maximum Gasteiger partial charge on any atom is 0.306 e. The van der Waals surface area contributed by atoms with Gasteiger partial charge in [0.15, 0.2) is 12.4 Å². The summed E-state index contributed by atoms with van der Waals surface area (Å²) in [5.74, 6) is -1.20. The molecule has 8 atom stereocenters. The molecule has 1 aliphatic heterocycles. The van der Waals surface area contributed by atoms with Crippen molar-refractivity contribution in [2.75, 3.05) is 13.2 Å². The van der Waals surface area contributed by atoms with Gasteiger partial charge in [0.1, 0.15) is 24.4 Å². The molecule has 1 fully saturated rings. The second-order valence-corrected chi connectivity index (χ2v) is 25.3. The van der Waals surface area contributed by atoms with E-state index in [0.717, 1.165) is 116 Å². The molecule has 11 nitrogen and oxygen atoms in total. The lowest BCUT2D eigenvalue weighted by molar-refractivity contribution is -0.305. The van der Waals surface area contributed by atoms with Gasteiger partial charge in [-0.05, 0) is 96.3 Å². The topological polar surface area (TPSA) is 175 Å². The second-order valence-electron chi connectivity index (χ2n) is 25.3. The molecule has 88 heavy (non-hydrogen) atoms. The van der Waals surface area contributed by atoms with Gasteiger partial charge in [-0.15, -0.1) is 0 Å². The third-order valence-electron chi connectivity index (χ3n) is 17.0. The van der Waals surface area contributed by atoms with Crippen molar-refractivity contribution in [2.24, 2.45) is 0 Å². The number of aliphatic hydroxyl groups excluding tert-OH is 5. The van der Waals surface area contributed by atoms with Gasteiger partial charge < -0.3 is 45.1 Å². The number of esters is 1. The quantitative estimate of drug-likeness (QED) is 0.0195. The van der Waals surface area contributed by atoms with E-state index in [0.29, 0.717) is 19.3 Å². The fraction of sp³-hybridized carbons (Fsp3) is 0.792. The highest BCUT2D eigenvalue weighted by Gasteiger charge is 2.47. The number of allylic oxidation sites excluding steroid dienone is 13. The summed E-state index contributed by atoms with van der Waals surface area (Å²) in [6, 6.07) is -1.03. The highest BCUT2D eigenvalue weighted by atomic mass is 16.7. The number of aliphatic hydroxyl groups is 5. The van der Waals surface area contributed by atoms with Crippen LogP contribution in [0.2, 0.25) is 0 Å². The predicted molar refractivity (Wildman–Crippen MR) is 370 cm³/mol. The monoisotopic (exact) mass is 1240 g/mol. The molecule has 1 heterocycles. The van der Waals surface area contributed by atoms with Crippen LogP contribution in [0.4, 0.5) is 0 Å². The van der Waals surface area contributed by atoms with Crippen molar-refractivity contribution < 1.29 is 49.3 Å². The Labute approximate surface area is 540 Å². The van der Waals surface area contributed by atoms with Crippen molar-refractivity contribution in [1.82, 2.24) is 5.32 Å². The van der Waals surface area contributed by atoms with E-state index in [4.69, 9.17) is 14.2 Å². The summed E-state index contributed by atoms with van der Waals surface area (Å²) < 4.78 is 17.7. The summed E-state index contributed by atoms with van der Waals surface area (Å²) in [6.45, 7) is 5.70. The number of unbranched alkanes of at least 4 members (excludes halogenated alkanes) is 37. The number of amides is 1. The largest absolute Gasteiger partial charge is 0.454 e. The van der Waals surface area contributed by atoms with Crippen LogP contribution < -0.4 is 5.32 Å². The van der Waals surface area contributed by atoms with E-state index in [9.17, 15) is 35.1 Å². The van der Waals surface area contributed by atoms with Crippen molar-refractivity contribution >= 4 is 11.9 Å². The summed E-state index contributed by atoms with van der Waals surface area (Å²) in [6.07, 6.45) is 74.8. The number of hydrogen-bond donors (Lipinski definition) is 6. The number of carbonyl (C=O) groups is 2. The zero-order valence-corrected chi connectivity index (χ0v) is 56.8. The van der Waals surface area contributed by atoms with E-state index in [-0.39, 0.29) is 13.0 Å². The lowest BCUT2D eigenvalue weighted by Crippen LogP contribution is -2.61.